The van der Waals surface area contributed by atoms with Crippen LogP contribution in [0.2, 0.25) is 0 Å². The summed E-state index contributed by atoms with van der Waals surface area (Å²) in [5.74, 6) is -0.601. The summed E-state index contributed by atoms with van der Waals surface area (Å²) in [6, 6.07) is 15.5. The Morgan fingerprint density at radius 1 is 1.10 bits per heavy atom. The van der Waals surface area contributed by atoms with E-state index >= 15 is 0 Å². The molecule has 0 bridgehead atoms. The van der Waals surface area contributed by atoms with Gasteiger partial charge in [0.2, 0.25) is 0 Å². The van der Waals surface area contributed by atoms with E-state index in [0.29, 0.717) is 21.8 Å². The number of oxime groups is 1. The molecule has 3 aromatic rings. The highest BCUT2D eigenvalue weighted by atomic mass is 32.1. The van der Waals surface area contributed by atoms with Gasteiger partial charge in [0, 0.05) is 4.88 Å². The van der Waals surface area contributed by atoms with Gasteiger partial charge in [0.05, 0.1) is 22.5 Å². The smallest absolute Gasteiger partial charge is 0.406 e. The quantitative estimate of drug-likeness (QED) is 0.310. The van der Waals surface area contributed by atoms with Crippen molar-refractivity contribution in [2.75, 3.05) is 11.1 Å². The number of benzene rings is 2. The number of amides is 1. The van der Waals surface area contributed by atoms with Crippen LogP contribution < -0.4 is 15.8 Å². The van der Waals surface area contributed by atoms with Crippen molar-refractivity contribution in [2.45, 2.75) is 13.0 Å². The van der Waals surface area contributed by atoms with Gasteiger partial charge in [-0.25, -0.2) is 0 Å². The zero-order valence-corrected chi connectivity index (χ0v) is 16.2. The molecule has 3 rings (SSSR count). The number of nitrogens with two attached hydrogens (primary N) is 1. The number of nitrogens with one attached hydrogen (secondary N) is 1. The second-order valence-corrected chi connectivity index (χ2v) is 7.10. The maximum Gasteiger partial charge on any atom is 0.573 e. The molecule has 1 aromatic heterocycles. The van der Waals surface area contributed by atoms with E-state index in [1.807, 2.05) is 0 Å². The number of carbonyl (C=O) groups is 1. The minimum absolute atomic E-state index is 0.136. The molecule has 0 aliphatic carbocycles. The summed E-state index contributed by atoms with van der Waals surface area (Å²) in [4.78, 5) is 18.7. The normalized spacial score (nSPS) is 11.4. The highest BCUT2D eigenvalue weighted by molar-refractivity contribution is 7.14. The van der Waals surface area contributed by atoms with E-state index in [0.717, 1.165) is 4.88 Å². The predicted octanol–water partition coefficient (Wildman–Crippen LogP) is 5.03. The molecule has 0 spiro atoms. The molecule has 3 N–H and O–H groups in total. The van der Waals surface area contributed by atoms with Crippen LogP contribution in [0.3, 0.4) is 0 Å². The van der Waals surface area contributed by atoms with Crippen LogP contribution >= 0.6 is 11.3 Å². The standard InChI is InChI=1S/C20H16F3N3O3S/c21-20(22,23)29-14-7-5-13(6-8-14)11-25-28-12-15-9-10-18(30-15)19(27)26-17-4-2-1-3-16(17)24/h1-11H,12,24H2,(H,26,27)/b25-11+. The molecule has 0 unspecified atom stereocenters. The molecule has 156 valence electrons. The van der Waals surface area contributed by atoms with Crippen molar-refractivity contribution >= 4 is 34.8 Å². The predicted molar refractivity (Wildman–Crippen MR) is 109 cm³/mol. The van der Waals surface area contributed by atoms with Gasteiger partial charge in [0.1, 0.15) is 5.75 Å². The molecule has 6 nitrogen and oxygen atoms in total. The molecule has 1 amide bonds. The number of ether oxygens (including phenoxy) is 1. The average Bonchev–Trinajstić information content (AvgIpc) is 3.16. The lowest BCUT2D eigenvalue weighted by atomic mass is 10.2. The topological polar surface area (TPSA) is 85.9 Å². The molecule has 0 saturated heterocycles. The summed E-state index contributed by atoms with van der Waals surface area (Å²) >= 11 is 1.24. The Kier molecular flexibility index (Phi) is 6.58. The lowest BCUT2D eigenvalue weighted by molar-refractivity contribution is -0.274. The van der Waals surface area contributed by atoms with Gasteiger partial charge in [-0.05, 0) is 54.1 Å². The van der Waals surface area contributed by atoms with Crippen LogP contribution in [0, 0.1) is 0 Å². The molecule has 0 aliphatic heterocycles. The maximum absolute atomic E-state index is 12.3. The van der Waals surface area contributed by atoms with E-state index in [4.69, 9.17) is 10.6 Å². The highest BCUT2D eigenvalue weighted by Gasteiger charge is 2.30. The first-order chi connectivity index (χ1) is 14.3. The first kappa shape index (κ1) is 21.2. The molecule has 0 radical (unpaired) electrons. The second kappa shape index (κ2) is 9.31. The van der Waals surface area contributed by atoms with Crippen molar-refractivity contribution in [3.63, 3.8) is 0 Å². The molecule has 2 aromatic carbocycles. The lowest BCUT2D eigenvalue weighted by Gasteiger charge is -2.08. The van der Waals surface area contributed by atoms with Gasteiger partial charge in [0.25, 0.3) is 5.91 Å². The molecular formula is C20H16F3N3O3S. The number of thiophene rings is 1. The third kappa shape index (κ3) is 6.24. The van der Waals surface area contributed by atoms with Crippen LogP contribution in [0.25, 0.3) is 0 Å². The van der Waals surface area contributed by atoms with Gasteiger partial charge in [-0.3, -0.25) is 4.79 Å². The monoisotopic (exact) mass is 435 g/mol. The number of rotatable bonds is 7. The number of hydrogen-bond donors (Lipinski definition) is 2. The Hall–Kier alpha value is -3.53. The van der Waals surface area contributed by atoms with Crippen LogP contribution in [0.5, 0.6) is 5.75 Å². The van der Waals surface area contributed by atoms with Crippen molar-refractivity contribution in [3.8, 4) is 5.75 Å². The van der Waals surface area contributed by atoms with Gasteiger partial charge in [-0.2, -0.15) is 0 Å². The Labute approximate surface area is 173 Å². The Morgan fingerprint density at radius 2 is 1.83 bits per heavy atom. The Bertz CT molecular complexity index is 1030. The van der Waals surface area contributed by atoms with Crippen molar-refractivity contribution in [1.29, 1.82) is 0 Å². The number of carbonyl (C=O) groups excluding carboxylic acids is 1. The fraction of sp³-hybridized carbons (Fsp3) is 0.100. The number of nitrogens with zero attached hydrogens (tertiary/aromatic N) is 1. The summed E-state index contributed by atoms with van der Waals surface area (Å²) in [5, 5.41) is 6.52. The molecule has 1 heterocycles. The van der Waals surface area contributed by atoms with Gasteiger partial charge in [0.15, 0.2) is 6.61 Å². The minimum Gasteiger partial charge on any atom is -0.406 e. The average molecular weight is 435 g/mol. The third-order valence-electron chi connectivity index (χ3n) is 3.69. The largest absolute Gasteiger partial charge is 0.573 e. The van der Waals surface area contributed by atoms with E-state index in [9.17, 15) is 18.0 Å². The first-order valence-electron chi connectivity index (χ1n) is 8.56. The van der Waals surface area contributed by atoms with Crippen LogP contribution in [-0.4, -0.2) is 18.5 Å². The minimum atomic E-state index is -4.73. The van der Waals surface area contributed by atoms with Crippen molar-refractivity contribution in [1.82, 2.24) is 0 Å². The second-order valence-electron chi connectivity index (χ2n) is 5.93. The zero-order valence-electron chi connectivity index (χ0n) is 15.3. The molecule has 0 saturated carbocycles. The summed E-state index contributed by atoms with van der Waals surface area (Å²) in [7, 11) is 0. The molecular weight excluding hydrogens is 419 g/mol. The maximum atomic E-state index is 12.3. The van der Waals surface area contributed by atoms with Crippen LogP contribution in [0.1, 0.15) is 20.1 Å². The zero-order chi connectivity index (χ0) is 21.6. The highest BCUT2D eigenvalue weighted by Crippen LogP contribution is 2.23. The number of hydrogen-bond acceptors (Lipinski definition) is 6. The molecule has 10 heteroatoms. The van der Waals surface area contributed by atoms with Crippen molar-refractivity contribution < 1.29 is 27.5 Å². The third-order valence-corrected chi connectivity index (χ3v) is 4.75. The van der Waals surface area contributed by atoms with E-state index in [-0.39, 0.29) is 18.3 Å². The van der Waals surface area contributed by atoms with E-state index in [2.05, 4.69) is 15.2 Å². The molecule has 30 heavy (non-hydrogen) atoms. The summed E-state index contributed by atoms with van der Waals surface area (Å²) < 4.78 is 40.2. The van der Waals surface area contributed by atoms with Crippen LogP contribution in [0.15, 0.2) is 65.8 Å². The first-order valence-corrected chi connectivity index (χ1v) is 9.37. The van der Waals surface area contributed by atoms with Gasteiger partial charge >= 0.3 is 6.36 Å². The lowest BCUT2D eigenvalue weighted by Crippen LogP contribution is -2.16. The van der Waals surface area contributed by atoms with E-state index < -0.39 is 6.36 Å². The van der Waals surface area contributed by atoms with Crippen molar-refractivity contribution in [3.05, 3.63) is 76.0 Å². The summed E-state index contributed by atoms with van der Waals surface area (Å²) in [5.41, 5.74) is 7.35. The van der Waals surface area contributed by atoms with E-state index in [1.54, 1.807) is 36.4 Å². The number of halogens is 3. The SMILES string of the molecule is Nc1ccccc1NC(=O)c1ccc(CO/N=C/c2ccc(OC(F)(F)F)cc2)s1. The number of alkyl halides is 3. The Morgan fingerprint density at radius 3 is 2.53 bits per heavy atom. The molecule has 0 fully saturated rings. The van der Waals surface area contributed by atoms with Gasteiger partial charge in [-0.1, -0.05) is 17.3 Å². The molecule has 0 atom stereocenters. The summed E-state index contributed by atoms with van der Waals surface area (Å²) in [6.45, 7) is 0.136. The Balaban J connectivity index is 1.49. The summed E-state index contributed by atoms with van der Waals surface area (Å²) in [6.07, 6.45) is -3.38. The van der Waals surface area contributed by atoms with Gasteiger partial charge in [-0.15, -0.1) is 24.5 Å². The number of para-hydroxylation sites is 2. The van der Waals surface area contributed by atoms with Crippen LogP contribution in [0.4, 0.5) is 24.5 Å². The van der Waals surface area contributed by atoms with Gasteiger partial charge < -0.3 is 20.6 Å². The fourth-order valence-electron chi connectivity index (χ4n) is 2.33. The van der Waals surface area contributed by atoms with E-state index in [1.165, 1.54) is 41.8 Å². The van der Waals surface area contributed by atoms with Crippen molar-refractivity contribution in [2.24, 2.45) is 5.16 Å². The number of nitrogen functional groups attached to an aromatic ring is 1. The molecule has 0 aliphatic rings. The fourth-order valence-corrected chi connectivity index (χ4v) is 3.14. The number of anilines is 2. The van der Waals surface area contributed by atoms with Crippen LogP contribution in [-0.2, 0) is 11.4 Å².